The lowest BCUT2D eigenvalue weighted by Gasteiger charge is -2.27. The first-order valence-corrected chi connectivity index (χ1v) is 6.36. The van der Waals surface area contributed by atoms with Crippen molar-refractivity contribution in [3.05, 3.63) is 11.7 Å². The first-order chi connectivity index (χ1) is 8.35. The van der Waals surface area contributed by atoms with E-state index >= 15 is 0 Å². The maximum Gasteiger partial charge on any atom is 0.230 e. The Hall–Kier alpha value is -0.940. The van der Waals surface area contributed by atoms with E-state index in [-0.39, 0.29) is 0 Å². The third kappa shape index (κ3) is 3.04. The van der Waals surface area contributed by atoms with Crippen LogP contribution in [0, 0.1) is 5.92 Å². The van der Waals surface area contributed by atoms with E-state index in [1.807, 2.05) is 0 Å². The third-order valence-corrected chi connectivity index (χ3v) is 3.54. The molecule has 0 amide bonds. The molecule has 96 valence electrons. The van der Waals surface area contributed by atoms with E-state index in [0.29, 0.717) is 31.4 Å². The number of aromatic nitrogens is 2. The fourth-order valence-electron chi connectivity index (χ4n) is 2.53. The maximum absolute atomic E-state index is 5.81. The van der Waals surface area contributed by atoms with E-state index in [2.05, 4.69) is 10.1 Å². The van der Waals surface area contributed by atoms with Crippen LogP contribution in [0.1, 0.15) is 43.3 Å². The minimum atomic E-state index is 0.359. The zero-order valence-corrected chi connectivity index (χ0v) is 10.4. The summed E-state index contributed by atoms with van der Waals surface area (Å²) >= 11 is 0. The first kappa shape index (κ1) is 12.5. The second-order valence-corrected chi connectivity index (χ2v) is 4.68. The highest BCUT2D eigenvalue weighted by molar-refractivity contribution is 4.99. The van der Waals surface area contributed by atoms with Crippen LogP contribution in [0.4, 0.5) is 0 Å². The molecular formula is C12H21N3O2. The average molecular weight is 239 g/mol. The fourth-order valence-corrected chi connectivity index (χ4v) is 2.53. The highest BCUT2D eigenvalue weighted by atomic mass is 16.5. The average Bonchev–Trinajstić information content (AvgIpc) is 2.85. The zero-order chi connectivity index (χ0) is 12.1. The Bertz CT molecular complexity index is 340. The Morgan fingerprint density at radius 3 is 3.00 bits per heavy atom. The second-order valence-electron chi connectivity index (χ2n) is 4.68. The van der Waals surface area contributed by atoms with E-state index < -0.39 is 0 Å². The fraction of sp³-hybridized carbons (Fsp3) is 0.833. The van der Waals surface area contributed by atoms with Crippen molar-refractivity contribution in [3.63, 3.8) is 0 Å². The van der Waals surface area contributed by atoms with Crippen molar-refractivity contribution in [1.29, 1.82) is 0 Å². The summed E-state index contributed by atoms with van der Waals surface area (Å²) < 4.78 is 10.4. The van der Waals surface area contributed by atoms with Gasteiger partial charge >= 0.3 is 0 Å². The molecule has 1 saturated carbocycles. The SMILES string of the molecule is COCCc1noc(C2CCCCC2CN)n1. The van der Waals surface area contributed by atoms with Crippen molar-refractivity contribution in [2.45, 2.75) is 38.0 Å². The van der Waals surface area contributed by atoms with E-state index in [9.17, 15) is 0 Å². The quantitative estimate of drug-likeness (QED) is 0.842. The minimum absolute atomic E-state index is 0.359. The van der Waals surface area contributed by atoms with Crippen molar-refractivity contribution in [2.75, 3.05) is 20.3 Å². The van der Waals surface area contributed by atoms with Crippen LogP contribution in [0.5, 0.6) is 0 Å². The summed E-state index contributed by atoms with van der Waals surface area (Å²) in [5, 5.41) is 3.99. The lowest BCUT2D eigenvalue weighted by molar-refractivity contribution is 0.199. The van der Waals surface area contributed by atoms with Gasteiger partial charge in [-0.25, -0.2) is 0 Å². The lowest BCUT2D eigenvalue weighted by Crippen LogP contribution is -2.25. The number of nitrogens with two attached hydrogens (primary N) is 1. The summed E-state index contributed by atoms with van der Waals surface area (Å²) in [6.07, 6.45) is 5.50. The predicted molar refractivity (Wildman–Crippen MR) is 63.6 cm³/mol. The van der Waals surface area contributed by atoms with Gasteiger partial charge in [-0.3, -0.25) is 0 Å². The summed E-state index contributed by atoms with van der Waals surface area (Å²) in [7, 11) is 1.67. The highest BCUT2D eigenvalue weighted by Gasteiger charge is 2.29. The molecule has 0 aromatic carbocycles. The van der Waals surface area contributed by atoms with Gasteiger partial charge in [-0.15, -0.1) is 0 Å². The van der Waals surface area contributed by atoms with Crippen molar-refractivity contribution in [1.82, 2.24) is 10.1 Å². The highest BCUT2D eigenvalue weighted by Crippen LogP contribution is 2.36. The Kier molecular flexibility index (Phi) is 4.50. The van der Waals surface area contributed by atoms with Crippen LogP contribution in [0.2, 0.25) is 0 Å². The lowest BCUT2D eigenvalue weighted by atomic mass is 9.79. The van der Waals surface area contributed by atoms with Crippen LogP contribution in [0.15, 0.2) is 4.52 Å². The Labute approximate surface area is 102 Å². The van der Waals surface area contributed by atoms with Crippen molar-refractivity contribution in [3.8, 4) is 0 Å². The van der Waals surface area contributed by atoms with Crippen LogP contribution in [-0.2, 0) is 11.2 Å². The molecule has 1 fully saturated rings. The molecule has 17 heavy (non-hydrogen) atoms. The molecule has 2 atom stereocenters. The van der Waals surface area contributed by atoms with Gasteiger partial charge in [0, 0.05) is 19.4 Å². The molecule has 0 aliphatic heterocycles. The van der Waals surface area contributed by atoms with Crippen molar-refractivity contribution in [2.24, 2.45) is 11.7 Å². The Morgan fingerprint density at radius 1 is 1.41 bits per heavy atom. The number of nitrogens with zero attached hydrogens (tertiary/aromatic N) is 2. The molecule has 0 radical (unpaired) electrons. The molecule has 2 N–H and O–H groups in total. The topological polar surface area (TPSA) is 74.2 Å². The Morgan fingerprint density at radius 2 is 2.24 bits per heavy atom. The van der Waals surface area contributed by atoms with Crippen molar-refractivity contribution >= 4 is 0 Å². The predicted octanol–water partition coefficient (Wildman–Crippen LogP) is 1.49. The zero-order valence-electron chi connectivity index (χ0n) is 10.4. The summed E-state index contributed by atoms with van der Waals surface area (Å²) in [6.45, 7) is 1.34. The van der Waals surface area contributed by atoms with Gasteiger partial charge in [0.05, 0.1) is 6.61 Å². The van der Waals surface area contributed by atoms with Gasteiger partial charge in [-0.05, 0) is 25.3 Å². The van der Waals surface area contributed by atoms with Gasteiger partial charge in [0.15, 0.2) is 5.82 Å². The third-order valence-electron chi connectivity index (χ3n) is 3.54. The van der Waals surface area contributed by atoms with Crippen LogP contribution >= 0.6 is 0 Å². The molecule has 5 heteroatoms. The summed E-state index contributed by atoms with van der Waals surface area (Å²) in [5.41, 5.74) is 5.81. The van der Waals surface area contributed by atoms with E-state index in [1.54, 1.807) is 7.11 Å². The van der Waals surface area contributed by atoms with Crippen LogP contribution in [-0.4, -0.2) is 30.4 Å². The van der Waals surface area contributed by atoms with Gasteiger partial charge < -0.3 is 15.0 Å². The monoisotopic (exact) mass is 239 g/mol. The summed E-state index contributed by atoms with van der Waals surface area (Å²) in [6, 6.07) is 0. The Balaban J connectivity index is 2.02. The number of ether oxygens (including phenoxy) is 1. The van der Waals surface area contributed by atoms with Gasteiger partial charge in [0.2, 0.25) is 5.89 Å². The molecule has 1 aliphatic rings. The van der Waals surface area contributed by atoms with E-state index in [0.717, 1.165) is 18.1 Å². The number of hydrogen-bond donors (Lipinski definition) is 1. The van der Waals surface area contributed by atoms with Crippen molar-refractivity contribution < 1.29 is 9.26 Å². The molecule has 1 heterocycles. The number of hydrogen-bond acceptors (Lipinski definition) is 5. The van der Waals surface area contributed by atoms with Gasteiger partial charge in [-0.1, -0.05) is 18.0 Å². The standard InChI is InChI=1S/C12H21N3O2/c1-16-7-6-11-14-12(17-15-11)10-5-3-2-4-9(10)8-13/h9-10H,2-8,13H2,1H3. The van der Waals surface area contributed by atoms with Crippen LogP contribution < -0.4 is 5.73 Å². The van der Waals surface area contributed by atoms with E-state index in [1.165, 1.54) is 19.3 Å². The molecule has 1 aromatic rings. The van der Waals surface area contributed by atoms with Crippen LogP contribution in [0.3, 0.4) is 0 Å². The molecule has 0 saturated heterocycles. The largest absolute Gasteiger partial charge is 0.384 e. The van der Waals surface area contributed by atoms with Gasteiger partial charge in [0.25, 0.3) is 0 Å². The first-order valence-electron chi connectivity index (χ1n) is 6.36. The molecule has 0 spiro atoms. The maximum atomic E-state index is 5.81. The molecule has 0 bridgehead atoms. The van der Waals surface area contributed by atoms with Gasteiger partial charge in [0.1, 0.15) is 0 Å². The summed E-state index contributed by atoms with van der Waals surface area (Å²) in [4.78, 5) is 4.46. The molecule has 2 unspecified atom stereocenters. The molecule has 1 aliphatic carbocycles. The second kappa shape index (κ2) is 6.12. The molecule has 5 nitrogen and oxygen atoms in total. The van der Waals surface area contributed by atoms with Crippen LogP contribution in [0.25, 0.3) is 0 Å². The molecular weight excluding hydrogens is 218 g/mol. The summed E-state index contributed by atoms with van der Waals surface area (Å²) in [5.74, 6) is 2.37. The molecule has 1 aromatic heterocycles. The minimum Gasteiger partial charge on any atom is -0.384 e. The molecule has 2 rings (SSSR count). The number of methoxy groups -OCH3 is 1. The smallest absolute Gasteiger partial charge is 0.230 e. The van der Waals surface area contributed by atoms with Gasteiger partial charge in [-0.2, -0.15) is 4.98 Å². The number of rotatable bonds is 5. The van der Waals surface area contributed by atoms with E-state index in [4.69, 9.17) is 15.0 Å². The normalized spacial score (nSPS) is 25.1.